The van der Waals surface area contributed by atoms with Crippen molar-refractivity contribution in [1.82, 2.24) is 0 Å². The van der Waals surface area contributed by atoms with E-state index < -0.39 is 5.60 Å². The Morgan fingerprint density at radius 1 is 1.24 bits per heavy atom. The second-order valence-electron chi connectivity index (χ2n) is 10.4. The molecule has 1 N–H and O–H groups in total. The minimum absolute atomic E-state index is 0.122. The summed E-state index contributed by atoms with van der Waals surface area (Å²) in [7, 11) is 0. The van der Waals surface area contributed by atoms with E-state index in [1.807, 2.05) is 0 Å². The lowest BCUT2D eigenvalue weighted by Crippen LogP contribution is -2.60. The molecule has 3 saturated carbocycles. The Hall–Kier alpha value is -1.76. The van der Waals surface area contributed by atoms with Crippen LogP contribution in [0.4, 0.5) is 0 Å². The Morgan fingerprint density at radius 2 is 1.97 bits per heavy atom. The largest absolute Gasteiger partial charge is 0.445 e. The number of allylic oxidation sites excluding steroid dienone is 2. The van der Waals surface area contributed by atoms with Crippen molar-refractivity contribution < 1.29 is 14.7 Å². The first-order valence-electron chi connectivity index (χ1n) is 11.3. The predicted molar refractivity (Wildman–Crippen MR) is 113 cm³/mol. The zero-order valence-electron chi connectivity index (χ0n) is 18.4. The molecule has 0 aromatic carbocycles. The summed E-state index contributed by atoms with van der Waals surface area (Å²) in [6.45, 7) is 8.65. The second-order valence-corrected chi connectivity index (χ2v) is 10.4. The quantitative estimate of drug-likeness (QED) is 0.290. The van der Waals surface area contributed by atoms with Gasteiger partial charge in [0.05, 0.1) is 5.71 Å². The molecule has 4 rings (SSSR count). The molecule has 4 heteroatoms. The highest BCUT2D eigenvalue weighted by atomic mass is 16.6. The Labute approximate surface area is 175 Å². The molecule has 4 aliphatic carbocycles. The lowest BCUT2D eigenvalue weighted by atomic mass is 9.40. The minimum atomic E-state index is -0.757. The van der Waals surface area contributed by atoms with Crippen molar-refractivity contribution in [1.29, 1.82) is 0 Å². The van der Waals surface area contributed by atoms with Gasteiger partial charge < -0.3 is 9.94 Å². The predicted octanol–water partition coefficient (Wildman–Crippen LogP) is 5.49. The van der Waals surface area contributed by atoms with E-state index in [0.29, 0.717) is 11.8 Å². The average molecular weight is 398 g/mol. The molecule has 0 spiro atoms. The zero-order chi connectivity index (χ0) is 21.1. The smallest absolute Gasteiger partial charge is 0.304 e. The Balaban J connectivity index is 1.77. The lowest BCUT2D eigenvalue weighted by molar-refractivity contribution is -0.184. The standard InChI is InChI=1S/C25H35NO3/c1-6-24-14-10-20-22(4)13-9-19(26-28)16-18(22)8-12-23(20,5)21(24)11-15-25(24,7-2)29-17(3)27/h2,16,20-21,28H,6,8-15H2,1,3-5H3/b26-19+/t20-,21+,22+,23-,24+,25+/m1/s1. The third-order valence-electron chi connectivity index (χ3n) is 9.72. The number of carbonyl (C=O) groups is 1. The first-order valence-corrected chi connectivity index (χ1v) is 11.3. The van der Waals surface area contributed by atoms with E-state index in [1.165, 1.54) is 12.5 Å². The molecule has 0 aromatic rings. The summed E-state index contributed by atoms with van der Waals surface area (Å²) < 4.78 is 5.97. The summed E-state index contributed by atoms with van der Waals surface area (Å²) in [6, 6.07) is 0. The fourth-order valence-electron chi connectivity index (χ4n) is 8.44. The van der Waals surface area contributed by atoms with Gasteiger partial charge in [-0.1, -0.05) is 37.4 Å². The van der Waals surface area contributed by atoms with Crippen LogP contribution in [0, 0.1) is 40.4 Å². The van der Waals surface area contributed by atoms with Gasteiger partial charge >= 0.3 is 5.97 Å². The van der Waals surface area contributed by atoms with Crippen molar-refractivity contribution in [2.24, 2.45) is 33.2 Å². The number of esters is 1. The number of nitrogens with zero attached hydrogens (tertiary/aromatic N) is 1. The van der Waals surface area contributed by atoms with Gasteiger partial charge in [0.15, 0.2) is 5.60 Å². The molecule has 0 aromatic heterocycles. The molecule has 4 aliphatic rings. The molecular weight excluding hydrogens is 362 g/mol. The number of ether oxygens (including phenoxy) is 1. The number of rotatable bonds is 2. The van der Waals surface area contributed by atoms with Crippen LogP contribution < -0.4 is 0 Å². The van der Waals surface area contributed by atoms with E-state index in [0.717, 1.165) is 63.5 Å². The van der Waals surface area contributed by atoms with E-state index in [-0.39, 0.29) is 22.2 Å². The van der Waals surface area contributed by atoms with Crippen LogP contribution in [0.2, 0.25) is 0 Å². The Kier molecular flexibility index (Phi) is 4.68. The topological polar surface area (TPSA) is 58.9 Å². The molecule has 0 heterocycles. The molecule has 0 amide bonds. The molecule has 29 heavy (non-hydrogen) atoms. The van der Waals surface area contributed by atoms with E-state index in [9.17, 15) is 10.0 Å². The molecule has 3 fully saturated rings. The van der Waals surface area contributed by atoms with Gasteiger partial charge in [0.25, 0.3) is 0 Å². The van der Waals surface area contributed by atoms with Crippen molar-refractivity contribution in [2.75, 3.05) is 0 Å². The van der Waals surface area contributed by atoms with Crippen LogP contribution in [-0.4, -0.2) is 22.5 Å². The van der Waals surface area contributed by atoms with Crippen LogP contribution in [0.25, 0.3) is 0 Å². The highest BCUT2D eigenvalue weighted by Crippen LogP contribution is 2.73. The fraction of sp³-hybridized carbons (Fsp3) is 0.760. The number of hydrogen-bond donors (Lipinski definition) is 1. The van der Waals surface area contributed by atoms with Gasteiger partial charge in [-0.25, -0.2) is 0 Å². The molecule has 0 unspecified atom stereocenters. The minimum Gasteiger partial charge on any atom is -0.445 e. The van der Waals surface area contributed by atoms with E-state index >= 15 is 0 Å². The molecule has 0 aliphatic heterocycles. The first-order chi connectivity index (χ1) is 13.7. The second kappa shape index (κ2) is 6.62. The maximum atomic E-state index is 12.0. The molecular formula is C25H35NO3. The fourth-order valence-corrected chi connectivity index (χ4v) is 8.44. The van der Waals surface area contributed by atoms with Gasteiger partial charge in [-0.05, 0) is 86.5 Å². The number of hydrogen-bond acceptors (Lipinski definition) is 4. The van der Waals surface area contributed by atoms with Crippen LogP contribution in [-0.2, 0) is 9.53 Å². The van der Waals surface area contributed by atoms with Gasteiger partial charge in [0, 0.05) is 12.3 Å². The van der Waals surface area contributed by atoms with E-state index in [1.54, 1.807) is 0 Å². The van der Waals surface area contributed by atoms with Gasteiger partial charge in [-0.2, -0.15) is 0 Å². The Bertz CT molecular complexity index is 822. The molecule has 0 bridgehead atoms. The highest BCUT2D eigenvalue weighted by Gasteiger charge is 2.70. The summed E-state index contributed by atoms with van der Waals surface area (Å²) in [4.78, 5) is 12.0. The van der Waals surface area contributed by atoms with Crippen molar-refractivity contribution >= 4 is 11.7 Å². The molecule has 4 nitrogen and oxygen atoms in total. The maximum absolute atomic E-state index is 12.0. The van der Waals surface area contributed by atoms with Crippen molar-refractivity contribution in [3.8, 4) is 12.3 Å². The normalized spacial score (nSPS) is 47.4. The summed E-state index contributed by atoms with van der Waals surface area (Å²) in [5.41, 5.74) is 1.75. The SMILES string of the molecule is C#C[C@]1(OC(C)=O)CC[C@H]2[C@]3(C)CCC4=C/C(=N/O)CC[C@]4(C)[C@H]3CC[C@@]21CC. The van der Waals surface area contributed by atoms with Gasteiger partial charge in [-0.15, -0.1) is 6.42 Å². The Morgan fingerprint density at radius 3 is 2.59 bits per heavy atom. The van der Waals surface area contributed by atoms with Crippen LogP contribution >= 0.6 is 0 Å². The van der Waals surface area contributed by atoms with Crippen molar-refractivity contribution in [3.05, 3.63) is 11.6 Å². The summed E-state index contributed by atoms with van der Waals surface area (Å²) in [6.07, 6.45) is 17.2. The van der Waals surface area contributed by atoms with Crippen LogP contribution in [0.15, 0.2) is 16.8 Å². The number of carbonyl (C=O) groups excluding carboxylic acids is 1. The van der Waals surface area contributed by atoms with Crippen molar-refractivity contribution in [3.63, 3.8) is 0 Å². The number of terminal acetylenes is 1. The summed E-state index contributed by atoms with van der Waals surface area (Å²) >= 11 is 0. The molecule has 0 radical (unpaired) electrons. The lowest BCUT2D eigenvalue weighted by Gasteiger charge is -2.64. The van der Waals surface area contributed by atoms with Gasteiger partial charge in [-0.3, -0.25) is 4.79 Å². The van der Waals surface area contributed by atoms with Crippen LogP contribution in [0.3, 0.4) is 0 Å². The van der Waals surface area contributed by atoms with Crippen molar-refractivity contribution in [2.45, 2.75) is 91.1 Å². The maximum Gasteiger partial charge on any atom is 0.304 e. The van der Waals surface area contributed by atoms with E-state index in [2.05, 4.69) is 37.9 Å². The summed E-state index contributed by atoms with van der Waals surface area (Å²) in [5.74, 6) is 3.80. The first kappa shape index (κ1) is 20.5. The molecule has 158 valence electrons. The summed E-state index contributed by atoms with van der Waals surface area (Å²) in [5, 5.41) is 12.8. The van der Waals surface area contributed by atoms with Crippen LogP contribution in [0.1, 0.15) is 85.5 Å². The molecule has 0 saturated heterocycles. The third kappa shape index (κ3) is 2.52. The van der Waals surface area contributed by atoms with Gasteiger partial charge in [0.1, 0.15) is 0 Å². The molecule has 6 atom stereocenters. The zero-order valence-corrected chi connectivity index (χ0v) is 18.4. The average Bonchev–Trinajstić information content (AvgIpc) is 3.02. The number of fused-ring (bicyclic) bond motifs is 5. The highest BCUT2D eigenvalue weighted by molar-refractivity contribution is 5.96. The van der Waals surface area contributed by atoms with Gasteiger partial charge in [0.2, 0.25) is 0 Å². The van der Waals surface area contributed by atoms with Crippen LogP contribution in [0.5, 0.6) is 0 Å². The number of oxime groups is 1. The third-order valence-corrected chi connectivity index (χ3v) is 9.72. The van der Waals surface area contributed by atoms with E-state index in [4.69, 9.17) is 11.2 Å². The monoisotopic (exact) mass is 397 g/mol.